The fourth-order valence-electron chi connectivity index (χ4n) is 2.70. The molecule has 0 aliphatic heterocycles. The summed E-state index contributed by atoms with van der Waals surface area (Å²) in [6.45, 7) is 3.65. The minimum atomic E-state index is -3.38. The first kappa shape index (κ1) is 18.8. The maximum absolute atomic E-state index is 12.3. The number of aryl methyl sites for hydroxylation is 2. The third-order valence-corrected chi connectivity index (χ3v) is 5.25. The Labute approximate surface area is 157 Å². The van der Waals surface area contributed by atoms with Gasteiger partial charge in [-0.2, -0.15) is 0 Å². The van der Waals surface area contributed by atoms with Gasteiger partial charge in [0.1, 0.15) is 11.0 Å². The van der Waals surface area contributed by atoms with Crippen LogP contribution >= 0.6 is 0 Å². The van der Waals surface area contributed by atoms with Gasteiger partial charge < -0.3 is 10.2 Å². The van der Waals surface area contributed by atoms with E-state index in [9.17, 15) is 13.2 Å². The van der Waals surface area contributed by atoms with Crippen molar-refractivity contribution >= 4 is 32.5 Å². The van der Waals surface area contributed by atoms with Gasteiger partial charge in [0.25, 0.3) is 5.91 Å². The van der Waals surface area contributed by atoms with Gasteiger partial charge in [-0.15, -0.1) is 5.10 Å². The zero-order valence-electron chi connectivity index (χ0n) is 15.3. The Kier molecular flexibility index (Phi) is 5.13. The minimum Gasteiger partial charge on any atom is -0.385 e. The first-order valence-electron chi connectivity index (χ1n) is 8.36. The Bertz CT molecular complexity index is 1110. The molecule has 1 amide bonds. The van der Waals surface area contributed by atoms with Crippen molar-refractivity contribution in [3.05, 3.63) is 47.5 Å². The van der Waals surface area contributed by atoms with E-state index in [1.165, 1.54) is 12.1 Å². The summed E-state index contributed by atoms with van der Waals surface area (Å²) < 4.78 is 23.4. The largest absolute Gasteiger partial charge is 0.385 e. The van der Waals surface area contributed by atoms with Crippen molar-refractivity contribution in [1.29, 1.82) is 0 Å². The van der Waals surface area contributed by atoms with E-state index in [1.54, 1.807) is 6.07 Å². The summed E-state index contributed by atoms with van der Waals surface area (Å²) in [6, 6.07) is 10.2. The van der Waals surface area contributed by atoms with E-state index < -0.39 is 9.84 Å². The second kappa shape index (κ2) is 7.36. The van der Waals surface area contributed by atoms with Crippen LogP contribution in [0.25, 0.3) is 11.0 Å². The maximum Gasteiger partial charge on any atom is 0.265 e. The number of anilines is 1. The molecular formula is C18H20N4O4S. The highest BCUT2D eigenvalue weighted by atomic mass is 32.2. The highest BCUT2D eigenvalue weighted by molar-refractivity contribution is 7.90. The van der Waals surface area contributed by atoms with E-state index in [4.69, 9.17) is 4.84 Å². The van der Waals surface area contributed by atoms with Gasteiger partial charge in [0.15, 0.2) is 16.4 Å². The molecule has 1 N–H and O–H groups in total. The van der Waals surface area contributed by atoms with Gasteiger partial charge in [-0.3, -0.25) is 4.79 Å². The van der Waals surface area contributed by atoms with Crippen molar-refractivity contribution in [2.75, 3.05) is 18.2 Å². The van der Waals surface area contributed by atoms with Crippen molar-refractivity contribution in [3.63, 3.8) is 0 Å². The molecule has 0 radical (unpaired) electrons. The molecule has 0 spiro atoms. The topological polar surface area (TPSA) is 103 Å². The standard InChI is InChI=1S/C18H20N4O4S/c1-4-13-7-5-6-12(2)18(13)19-17(23)11-26-22-16-10-14(27(3,24)25)8-9-15(16)20-21-22/h5-10H,4,11H2,1-3H3,(H,19,23). The molecule has 3 rings (SSSR count). The second-order valence-corrected chi connectivity index (χ2v) is 8.19. The number of rotatable bonds is 6. The summed E-state index contributed by atoms with van der Waals surface area (Å²) in [7, 11) is -3.38. The number of nitrogens with one attached hydrogen (secondary N) is 1. The first-order chi connectivity index (χ1) is 12.8. The summed E-state index contributed by atoms with van der Waals surface area (Å²) >= 11 is 0. The first-order valence-corrected chi connectivity index (χ1v) is 10.3. The maximum atomic E-state index is 12.3. The number of amides is 1. The van der Waals surface area contributed by atoms with Gasteiger partial charge in [0, 0.05) is 11.9 Å². The number of sulfone groups is 1. The molecule has 0 fully saturated rings. The molecule has 0 bridgehead atoms. The highest BCUT2D eigenvalue weighted by Crippen LogP contribution is 2.21. The minimum absolute atomic E-state index is 0.124. The van der Waals surface area contributed by atoms with Crippen LogP contribution in [0.5, 0.6) is 0 Å². The number of benzene rings is 2. The number of fused-ring (bicyclic) bond motifs is 1. The van der Waals surface area contributed by atoms with Crippen LogP contribution in [-0.4, -0.2) is 42.3 Å². The number of hydrogen-bond donors (Lipinski definition) is 1. The van der Waals surface area contributed by atoms with Crippen LogP contribution in [0.1, 0.15) is 18.1 Å². The summed E-state index contributed by atoms with van der Waals surface area (Å²) in [6.07, 6.45) is 1.91. The molecule has 0 unspecified atom stereocenters. The Morgan fingerprint density at radius 2 is 2.04 bits per heavy atom. The molecule has 1 aromatic heterocycles. The molecule has 1 heterocycles. The molecule has 27 heavy (non-hydrogen) atoms. The van der Waals surface area contributed by atoms with Gasteiger partial charge in [-0.05, 0) is 47.9 Å². The number of hydrogen-bond acceptors (Lipinski definition) is 6. The number of aromatic nitrogens is 3. The molecule has 2 aromatic carbocycles. The van der Waals surface area contributed by atoms with Gasteiger partial charge >= 0.3 is 0 Å². The van der Waals surface area contributed by atoms with Gasteiger partial charge in [0.2, 0.25) is 0 Å². The molecule has 9 heteroatoms. The predicted molar refractivity (Wildman–Crippen MR) is 101 cm³/mol. The summed E-state index contributed by atoms with van der Waals surface area (Å²) in [5, 5.41) is 10.6. The van der Waals surface area contributed by atoms with Crippen LogP contribution < -0.4 is 10.2 Å². The number of nitrogens with zero attached hydrogens (tertiary/aromatic N) is 3. The Hall–Kier alpha value is -2.94. The molecule has 0 saturated heterocycles. The van der Waals surface area contributed by atoms with Gasteiger partial charge in [-0.25, -0.2) is 8.42 Å². The van der Waals surface area contributed by atoms with Crippen molar-refractivity contribution in [3.8, 4) is 0 Å². The van der Waals surface area contributed by atoms with Crippen LogP contribution in [0, 0.1) is 6.92 Å². The van der Waals surface area contributed by atoms with Crippen molar-refractivity contribution in [1.82, 2.24) is 15.2 Å². The normalized spacial score (nSPS) is 11.5. The summed E-state index contributed by atoms with van der Waals surface area (Å²) in [5.41, 5.74) is 3.61. The zero-order chi connectivity index (χ0) is 19.6. The Balaban J connectivity index is 1.76. The van der Waals surface area contributed by atoms with E-state index in [1.807, 2.05) is 32.0 Å². The average Bonchev–Trinajstić information content (AvgIpc) is 3.03. The molecule has 0 atom stereocenters. The third kappa shape index (κ3) is 4.08. The van der Waals surface area contributed by atoms with Crippen LogP contribution in [0.2, 0.25) is 0 Å². The SMILES string of the molecule is CCc1cccc(C)c1NC(=O)COn1nnc2ccc(S(C)(=O)=O)cc21. The van der Waals surface area contributed by atoms with E-state index >= 15 is 0 Å². The summed E-state index contributed by atoms with van der Waals surface area (Å²) in [4.78, 5) is 18.9. The van der Waals surface area contributed by atoms with Crippen molar-refractivity contribution in [2.24, 2.45) is 0 Å². The molecule has 8 nitrogen and oxygen atoms in total. The number of para-hydroxylation sites is 1. The number of carbonyl (C=O) groups is 1. The van der Waals surface area contributed by atoms with Crippen LogP contribution in [0.4, 0.5) is 5.69 Å². The fraction of sp³-hybridized carbons (Fsp3) is 0.278. The molecule has 3 aromatic rings. The average molecular weight is 388 g/mol. The Morgan fingerprint density at radius 1 is 1.26 bits per heavy atom. The third-order valence-electron chi connectivity index (χ3n) is 4.14. The molecule has 0 aliphatic carbocycles. The van der Waals surface area contributed by atoms with E-state index in [0.717, 1.165) is 34.3 Å². The molecule has 142 valence electrons. The molecule has 0 aliphatic rings. The van der Waals surface area contributed by atoms with E-state index in [2.05, 4.69) is 15.6 Å². The van der Waals surface area contributed by atoms with E-state index in [-0.39, 0.29) is 17.4 Å². The zero-order valence-corrected chi connectivity index (χ0v) is 16.1. The van der Waals surface area contributed by atoms with Gasteiger partial charge in [0.05, 0.1) is 4.90 Å². The lowest BCUT2D eigenvalue weighted by molar-refractivity contribution is -0.121. The van der Waals surface area contributed by atoms with Gasteiger partial charge in [-0.1, -0.05) is 30.0 Å². The lowest BCUT2D eigenvalue weighted by Gasteiger charge is -2.13. The Morgan fingerprint density at radius 3 is 2.74 bits per heavy atom. The fourth-order valence-corrected chi connectivity index (χ4v) is 3.34. The predicted octanol–water partition coefficient (Wildman–Crippen LogP) is 1.77. The smallest absolute Gasteiger partial charge is 0.265 e. The monoisotopic (exact) mass is 388 g/mol. The number of carbonyl (C=O) groups excluding carboxylic acids is 1. The van der Waals surface area contributed by atoms with Crippen LogP contribution in [0.15, 0.2) is 41.3 Å². The van der Waals surface area contributed by atoms with Crippen LogP contribution in [-0.2, 0) is 21.1 Å². The van der Waals surface area contributed by atoms with Crippen molar-refractivity contribution < 1.29 is 18.0 Å². The summed E-state index contributed by atoms with van der Waals surface area (Å²) in [5.74, 6) is -0.345. The van der Waals surface area contributed by atoms with E-state index in [0.29, 0.717) is 11.0 Å². The molecule has 0 saturated carbocycles. The lowest BCUT2D eigenvalue weighted by atomic mass is 10.1. The quantitative estimate of drug-likeness (QED) is 0.690. The second-order valence-electron chi connectivity index (χ2n) is 6.17. The van der Waals surface area contributed by atoms with Crippen molar-refractivity contribution in [2.45, 2.75) is 25.2 Å². The highest BCUT2D eigenvalue weighted by Gasteiger charge is 2.14. The molecular weight excluding hydrogens is 368 g/mol. The lowest BCUT2D eigenvalue weighted by Crippen LogP contribution is -2.26. The van der Waals surface area contributed by atoms with Crippen LogP contribution in [0.3, 0.4) is 0 Å².